The average molecular weight is 357 g/mol. The van der Waals surface area contributed by atoms with Crippen LogP contribution in [0.2, 0.25) is 0 Å². The second kappa shape index (κ2) is 10.6. The zero-order valence-corrected chi connectivity index (χ0v) is 16.2. The number of carbonyl (C=O) groups excluding carboxylic acids is 1. The van der Waals surface area contributed by atoms with Gasteiger partial charge in [-0.2, -0.15) is 11.8 Å². The maximum absolute atomic E-state index is 10.6. The number of carbonyl (C=O) groups is 1. The van der Waals surface area contributed by atoms with Crippen LogP contribution in [0.5, 0.6) is 0 Å². The molecule has 2 bridgehead atoms. The summed E-state index contributed by atoms with van der Waals surface area (Å²) in [5.74, 6) is -0.742. The van der Waals surface area contributed by atoms with Gasteiger partial charge in [-0.1, -0.05) is 12.8 Å². The topological polar surface area (TPSA) is 125 Å². The van der Waals surface area contributed by atoms with Crippen molar-refractivity contribution in [2.45, 2.75) is 56.3 Å². The van der Waals surface area contributed by atoms with E-state index in [4.69, 9.17) is 15.2 Å². The van der Waals surface area contributed by atoms with Crippen molar-refractivity contribution in [3.05, 3.63) is 0 Å². The van der Waals surface area contributed by atoms with Crippen LogP contribution in [0.1, 0.15) is 25.7 Å². The van der Waals surface area contributed by atoms with Gasteiger partial charge in [0.15, 0.2) is 6.29 Å². The van der Waals surface area contributed by atoms with Crippen molar-refractivity contribution in [3.8, 4) is 0 Å². The first-order valence-electron chi connectivity index (χ1n) is 7.68. The zero-order chi connectivity index (χ0) is 16.1. The molecule has 0 aliphatic carbocycles. The van der Waals surface area contributed by atoms with Gasteiger partial charge < -0.3 is 35.3 Å². The Balaban J connectivity index is 0.00000264. The summed E-state index contributed by atoms with van der Waals surface area (Å²) in [4.78, 5) is 10.6. The largest absolute Gasteiger partial charge is 1.00 e. The van der Waals surface area contributed by atoms with Crippen LogP contribution in [-0.4, -0.2) is 64.9 Å². The number of hydrogen-bond acceptors (Lipinski definition) is 8. The van der Waals surface area contributed by atoms with Gasteiger partial charge in [-0.15, -0.1) is 0 Å². The molecule has 0 saturated carbocycles. The number of nitrogens with two attached hydrogens (primary N) is 1. The van der Waals surface area contributed by atoms with E-state index in [-0.39, 0.29) is 47.3 Å². The first kappa shape index (κ1) is 21.7. The molecule has 3 aliphatic heterocycles. The molecule has 23 heavy (non-hydrogen) atoms. The number of hydrogen-bond donors (Lipinski definition) is 3. The second-order valence-electron chi connectivity index (χ2n) is 5.87. The fourth-order valence-electron chi connectivity index (χ4n) is 2.88. The number of ether oxygens (including phenoxy) is 2. The molecule has 6 unspecified atom stereocenters. The van der Waals surface area contributed by atoms with E-state index in [9.17, 15) is 20.1 Å². The van der Waals surface area contributed by atoms with Crippen molar-refractivity contribution in [2.75, 3.05) is 18.1 Å². The Labute approximate surface area is 162 Å². The summed E-state index contributed by atoms with van der Waals surface area (Å²) in [6.45, 7) is 0.495. The molecule has 3 heterocycles. The summed E-state index contributed by atoms with van der Waals surface area (Å²) in [6.07, 6.45) is 0.572. The number of carboxylic acids is 1. The van der Waals surface area contributed by atoms with Crippen molar-refractivity contribution in [3.63, 3.8) is 0 Å². The number of aliphatic hydroxyl groups is 2. The van der Waals surface area contributed by atoms with Crippen LogP contribution in [0, 0.1) is 5.92 Å². The van der Waals surface area contributed by atoms with Crippen LogP contribution in [0.25, 0.3) is 0 Å². The molecule has 3 rings (SSSR count). The Morgan fingerprint density at radius 2 is 2.04 bits per heavy atom. The number of fused-ring (bicyclic) bond motifs is 7. The number of aliphatic hydroxyl groups excluding tert-OH is 2. The number of aliphatic carboxylic acids is 1. The smallest absolute Gasteiger partial charge is 0.548 e. The molecule has 4 N–H and O–H groups in total. The average Bonchev–Trinajstić information content (AvgIpc) is 2.50. The van der Waals surface area contributed by atoms with E-state index >= 15 is 0 Å². The Kier molecular flexibility index (Phi) is 9.96. The molecular formula is C14H24NNaO6S. The Hall–Kier alpha value is 0.620. The van der Waals surface area contributed by atoms with E-state index in [0.29, 0.717) is 12.4 Å². The molecule has 0 aromatic carbocycles. The van der Waals surface area contributed by atoms with Crippen molar-refractivity contribution in [2.24, 2.45) is 11.7 Å². The molecule has 128 valence electrons. The first-order chi connectivity index (χ1) is 10.5. The first-order valence-corrected chi connectivity index (χ1v) is 8.83. The summed E-state index contributed by atoms with van der Waals surface area (Å²) in [7, 11) is 0. The van der Waals surface area contributed by atoms with Gasteiger partial charge in [0, 0.05) is 24.0 Å². The molecule has 7 nitrogen and oxygen atoms in total. The van der Waals surface area contributed by atoms with Gasteiger partial charge in [-0.3, -0.25) is 0 Å². The number of carboxylic acid groups (broad SMARTS) is 1. The normalized spacial score (nSPS) is 36.0. The quantitative estimate of drug-likeness (QED) is 0.420. The van der Waals surface area contributed by atoms with E-state index in [1.54, 1.807) is 0 Å². The predicted octanol–water partition coefficient (Wildman–Crippen LogP) is -4.55. The van der Waals surface area contributed by atoms with Gasteiger partial charge in [0.1, 0.15) is 6.10 Å². The van der Waals surface area contributed by atoms with Gasteiger partial charge in [0.25, 0.3) is 0 Å². The van der Waals surface area contributed by atoms with Crippen LogP contribution in [-0.2, 0) is 14.3 Å². The third kappa shape index (κ3) is 6.13. The molecule has 0 radical (unpaired) electrons. The SMILES string of the molecule is NC(CSCC1OC2OCCCCCC1C(O)C2O)C(=O)[O-].[Na+]. The van der Waals surface area contributed by atoms with Gasteiger partial charge in [0.2, 0.25) is 0 Å². The Bertz CT molecular complexity index is 375. The minimum absolute atomic E-state index is 0. The summed E-state index contributed by atoms with van der Waals surface area (Å²) in [5.41, 5.74) is 5.42. The molecule has 0 aromatic rings. The summed E-state index contributed by atoms with van der Waals surface area (Å²) in [6, 6.07) is -1.02. The Morgan fingerprint density at radius 3 is 2.74 bits per heavy atom. The third-order valence-corrected chi connectivity index (χ3v) is 5.36. The molecule has 3 aliphatic rings. The third-order valence-electron chi connectivity index (χ3n) is 4.20. The summed E-state index contributed by atoms with van der Waals surface area (Å²) >= 11 is 1.35. The van der Waals surface area contributed by atoms with Crippen LogP contribution in [0.4, 0.5) is 0 Å². The molecule has 3 saturated heterocycles. The van der Waals surface area contributed by atoms with E-state index in [0.717, 1.165) is 25.7 Å². The van der Waals surface area contributed by atoms with Crippen molar-refractivity contribution in [1.29, 1.82) is 0 Å². The van der Waals surface area contributed by atoms with Crippen molar-refractivity contribution >= 4 is 17.7 Å². The minimum atomic E-state index is -1.28. The van der Waals surface area contributed by atoms with E-state index in [1.807, 2.05) is 0 Å². The number of rotatable bonds is 5. The minimum Gasteiger partial charge on any atom is -0.548 e. The van der Waals surface area contributed by atoms with Crippen molar-refractivity contribution < 1.29 is 59.1 Å². The molecule has 6 atom stereocenters. The van der Waals surface area contributed by atoms with Crippen LogP contribution < -0.4 is 40.4 Å². The molecule has 0 spiro atoms. The molecule has 0 amide bonds. The second-order valence-corrected chi connectivity index (χ2v) is 6.95. The summed E-state index contributed by atoms with van der Waals surface area (Å²) in [5, 5.41) is 31.0. The van der Waals surface area contributed by atoms with E-state index < -0.39 is 30.5 Å². The predicted molar refractivity (Wildman–Crippen MR) is 78.9 cm³/mol. The van der Waals surface area contributed by atoms with Crippen LogP contribution >= 0.6 is 11.8 Å². The summed E-state index contributed by atoms with van der Waals surface area (Å²) < 4.78 is 11.3. The molecule has 3 fully saturated rings. The number of thioether (sulfide) groups is 1. The van der Waals surface area contributed by atoms with E-state index in [1.165, 1.54) is 11.8 Å². The maximum atomic E-state index is 10.6. The van der Waals surface area contributed by atoms with Crippen LogP contribution in [0.3, 0.4) is 0 Å². The maximum Gasteiger partial charge on any atom is 1.00 e. The van der Waals surface area contributed by atoms with Gasteiger partial charge in [-0.05, 0) is 12.8 Å². The van der Waals surface area contributed by atoms with Crippen LogP contribution in [0.15, 0.2) is 0 Å². The molecule has 9 heteroatoms. The monoisotopic (exact) mass is 357 g/mol. The fourth-order valence-corrected chi connectivity index (χ4v) is 3.97. The van der Waals surface area contributed by atoms with E-state index in [2.05, 4.69) is 0 Å². The molecule has 0 aromatic heterocycles. The van der Waals surface area contributed by atoms with Gasteiger partial charge >= 0.3 is 29.6 Å². The van der Waals surface area contributed by atoms with Gasteiger partial charge in [-0.25, -0.2) is 0 Å². The Morgan fingerprint density at radius 1 is 1.30 bits per heavy atom. The standard InChI is InChI=1S/C14H25NO6S.Na/c15-9(13(18)19)6-22-7-10-8-4-2-1-3-5-20-14(21-10)12(17)11(8)16;/h8-12,14,16-17H,1-7,15H2,(H,18,19);/q;+1/p-1. The fraction of sp³-hybridized carbons (Fsp3) is 0.929. The van der Waals surface area contributed by atoms with Crippen molar-refractivity contribution in [1.82, 2.24) is 0 Å². The zero-order valence-electron chi connectivity index (χ0n) is 13.4. The molecular weight excluding hydrogens is 333 g/mol. The van der Waals surface area contributed by atoms with Gasteiger partial charge in [0.05, 0.1) is 24.2 Å².